The molecule has 1 aliphatic rings. The van der Waals surface area contributed by atoms with Crippen molar-refractivity contribution in [2.75, 3.05) is 13.2 Å². The first-order valence-electron chi connectivity index (χ1n) is 3.92. The van der Waals surface area contributed by atoms with Crippen LogP contribution in [0.25, 0.3) is 0 Å². The standard InChI is InChI=1S/C9H13NO2/c1-7(4-10)8-5-11-9(2,3)12-6-8/h8H,1,5-6H2,2-3H3. The van der Waals surface area contributed by atoms with E-state index in [0.717, 1.165) is 0 Å². The third-order valence-corrected chi connectivity index (χ3v) is 1.90. The number of nitrogens with zero attached hydrogens (tertiary/aromatic N) is 1. The maximum Gasteiger partial charge on any atom is 0.162 e. The summed E-state index contributed by atoms with van der Waals surface area (Å²) in [5.74, 6) is -0.477. The Balaban J connectivity index is 2.48. The molecule has 0 aromatic rings. The fourth-order valence-corrected chi connectivity index (χ4v) is 0.985. The summed E-state index contributed by atoms with van der Waals surface area (Å²) in [5, 5.41) is 8.56. The second kappa shape index (κ2) is 3.26. The second-order valence-electron chi connectivity index (χ2n) is 3.36. The molecule has 0 N–H and O–H groups in total. The first-order chi connectivity index (χ1) is 5.55. The molecule has 0 bridgehead atoms. The number of rotatable bonds is 1. The lowest BCUT2D eigenvalue weighted by atomic mass is 10.0. The average Bonchev–Trinajstić information content (AvgIpc) is 2.03. The first-order valence-corrected chi connectivity index (χ1v) is 3.92. The SMILES string of the molecule is C=C(C#N)C1COC(C)(C)OC1. The number of ether oxygens (including phenoxy) is 2. The molecule has 1 fully saturated rings. The highest BCUT2D eigenvalue weighted by Crippen LogP contribution is 2.23. The van der Waals surface area contributed by atoms with Crippen LogP contribution in [0.2, 0.25) is 0 Å². The van der Waals surface area contributed by atoms with Crippen LogP contribution in [0.15, 0.2) is 12.2 Å². The second-order valence-corrected chi connectivity index (χ2v) is 3.36. The average molecular weight is 167 g/mol. The quantitative estimate of drug-likeness (QED) is 0.555. The van der Waals surface area contributed by atoms with Gasteiger partial charge in [-0.2, -0.15) is 5.26 Å². The van der Waals surface area contributed by atoms with Crippen LogP contribution < -0.4 is 0 Å². The van der Waals surface area contributed by atoms with Crippen molar-refractivity contribution in [3.05, 3.63) is 12.2 Å². The minimum Gasteiger partial charge on any atom is -0.350 e. The molecule has 1 rings (SSSR count). The lowest BCUT2D eigenvalue weighted by Gasteiger charge is -2.34. The Kier molecular flexibility index (Phi) is 2.51. The van der Waals surface area contributed by atoms with E-state index < -0.39 is 5.79 Å². The van der Waals surface area contributed by atoms with E-state index >= 15 is 0 Å². The van der Waals surface area contributed by atoms with Gasteiger partial charge in [-0.1, -0.05) is 6.58 Å². The Morgan fingerprint density at radius 2 is 2.00 bits per heavy atom. The Morgan fingerprint density at radius 1 is 1.50 bits per heavy atom. The molecule has 0 radical (unpaired) electrons. The largest absolute Gasteiger partial charge is 0.350 e. The van der Waals surface area contributed by atoms with Crippen molar-refractivity contribution in [2.24, 2.45) is 5.92 Å². The van der Waals surface area contributed by atoms with E-state index in [1.165, 1.54) is 0 Å². The number of nitriles is 1. The highest BCUT2D eigenvalue weighted by atomic mass is 16.7. The van der Waals surface area contributed by atoms with Crippen LogP contribution in [0, 0.1) is 17.2 Å². The van der Waals surface area contributed by atoms with Gasteiger partial charge in [0.15, 0.2) is 5.79 Å². The zero-order chi connectivity index (χ0) is 9.19. The summed E-state index contributed by atoms with van der Waals surface area (Å²) in [7, 11) is 0. The van der Waals surface area contributed by atoms with E-state index in [1.807, 2.05) is 19.9 Å². The van der Waals surface area contributed by atoms with Gasteiger partial charge < -0.3 is 9.47 Å². The van der Waals surface area contributed by atoms with Gasteiger partial charge in [0.05, 0.1) is 19.3 Å². The molecule has 0 aromatic heterocycles. The summed E-state index contributed by atoms with van der Waals surface area (Å²) < 4.78 is 10.7. The highest BCUT2D eigenvalue weighted by Gasteiger charge is 2.29. The number of hydrogen-bond acceptors (Lipinski definition) is 3. The minimum atomic E-state index is -0.508. The normalized spacial score (nSPS) is 23.1. The van der Waals surface area contributed by atoms with Crippen molar-refractivity contribution in [1.82, 2.24) is 0 Å². The van der Waals surface area contributed by atoms with Crippen molar-refractivity contribution in [2.45, 2.75) is 19.6 Å². The number of hydrogen-bond donors (Lipinski definition) is 0. The fourth-order valence-electron chi connectivity index (χ4n) is 0.985. The van der Waals surface area contributed by atoms with E-state index in [0.29, 0.717) is 18.8 Å². The monoisotopic (exact) mass is 167 g/mol. The first kappa shape index (κ1) is 9.24. The fraction of sp³-hybridized carbons (Fsp3) is 0.667. The van der Waals surface area contributed by atoms with E-state index in [2.05, 4.69) is 6.58 Å². The molecular weight excluding hydrogens is 154 g/mol. The maximum absolute atomic E-state index is 8.56. The van der Waals surface area contributed by atoms with Crippen LogP contribution in [-0.4, -0.2) is 19.0 Å². The van der Waals surface area contributed by atoms with Gasteiger partial charge in [0.1, 0.15) is 0 Å². The van der Waals surface area contributed by atoms with Crippen molar-refractivity contribution in [3.63, 3.8) is 0 Å². The van der Waals surface area contributed by atoms with Crippen molar-refractivity contribution in [1.29, 1.82) is 5.26 Å². The molecule has 1 saturated heterocycles. The van der Waals surface area contributed by atoms with E-state index in [-0.39, 0.29) is 5.92 Å². The molecule has 0 amide bonds. The molecule has 0 atom stereocenters. The molecule has 12 heavy (non-hydrogen) atoms. The topological polar surface area (TPSA) is 42.2 Å². The Bertz CT molecular complexity index is 217. The minimum absolute atomic E-state index is 0.0306. The van der Waals surface area contributed by atoms with Gasteiger partial charge in [-0.15, -0.1) is 0 Å². The molecule has 1 heterocycles. The van der Waals surface area contributed by atoms with E-state index in [9.17, 15) is 0 Å². The van der Waals surface area contributed by atoms with Crippen LogP contribution >= 0.6 is 0 Å². The van der Waals surface area contributed by atoms with Gasteiger partial charge in [-0.05, 0) is 13.8 Å². The summed E-state index contributed by atoms with van der Waals surface area (Å²) in [5.41, 5.74) is 0.533. The van der Waals surface area contributed by atoms with Crippen LogP contribution in [0.4, 0.5) is 0 Å². The highest BCUT2D eigenvalue weighted by molar-refractivity contribution is 5.20. The maximum atomic E-state index is 8.56. The third kappa shape index (κ3) is 2.07. The van der Waals surface area contributed by atoms with Crippen LogP contribution in [-0.2, 0) is 9.47 Å². The molecular formula is C9H13NO2. The predicted octanol–water partition coefficient (Wildman–Crippen LogP) is 1.47. The molecule has 0 aliphatic carbocycles. The third-order valence-electron chi connectivity index (χ3n) is 1.90. The molecule has 3 heteroatoms. The van der Waals surface area contributed by atoms with Gasteiger partial charge in [-0.3, -0.25) is 0 Å². The van der Waals surface area contributed by atoms with E-state index in [1.54, 1.807) is 0 Å². The summed E-state index contributed by atoms with van der Waals surface area (Å²) in [6.45, 7) is 8.40. The molecule has 3 nitrogen and oxygen atoms in total. The molecule has 66 valence electrons. The lowest BCUT2D eigenvalue weighted by molar-refractivity contribution is -0.256. The van der Waals surface area contributed by atoms with Crippen molar-refractivity contribution >= 4 is 0 Å². The van der Waals surface area contributed by atoms with Crippen molar-refractivity contribution < 1.29 is 9.47 Å². The molecule has 0 saturated carbocycles. The van der Waals surface area contributed by atoms with Crippen LogP contribution in [0.3, 0.4) is 0 Å². The summed E-state index contributed by atoms with van der Waals surface area (Å²) >= 11 is 0. The van der Waals surface area contributed by atoms with Gasteiger partial charge in [0.25, 0.3) is 0 Å². The molecule has 0 spiro atoms. The van der Waals surface area contributed by atoms with Crippen molar-refractivity contribution in [3.8, 4) is 6.07 Å². The smallest absolute Gasteiger partial charge is 0.162 e. The summed E-state index contributed by atoms with van der Waals surface area (Å²) in [4.78, 5) is 0. The zero-order valence-electron chi connectivity index (χ0n) is 7.46. The van der Waals surface area contributed by atoms with Gasteiger partial charge in [0.2, 0.25) is 0 Å². The molecule has 0 aromatic carbocycles. The summed E-state index contributed by atoms with van der Waals surface area (Å²) in [6, 6.07) is 2.01. The lowest BCUT2D eigenvalue weighted by Crippen LogP contribution is -2.39. The van der Waals surface area contributed by atoms with E-state index in [4.69, 9.17) is 14.7 Å². The molecule has 0 unspecified atom stereocenters. The summed E-state index contributed by atoms with van der Waals surface area (Å²) in [6.07, 6.45) is 0. The zero-order valence-corrected chi connectivity index (χ0v) is 7.46. The Hall–Kier alpha value is -0.850. The van der Waals surface area contributed by atoms with Crippen LogP contribution in [0.1, 0.15) is 13.8 Å². The Morgan fingerprint density at radius 3 is 2.42 bits per heavy atom. The predicted molar refractivity (Wildman–Crippen MR) is 44.2 cm³/mol. The van der Waals surface area contributed by atoms with Gasteiger partial charge in [-0.25, -0.2) is 0 Å². The Labute approximate surface area is 72.6 Å². The van der Waals surface area contributed by atoms with Gasteiger partial charge in [0, 0.05) is 11.5 Å². The van der Waals surface area contributed by atoms with Gasteiger partial charge >= 0.3 is 0 Å². The van der Waals surface area contributed by atoms with Crippen LogP contribution in [0.5, 0.6) is 0 Å². The molecule has 1 aliphatic heterocycles.